The number of rotatable bonds is 10. The van der Waals surface area contributed by atoms with Crippen molar-refractivity contribution in [3.8, 4) is 34.5 Å². The van der Waals surface area contributed by atoms with Gasteiger partial charge in [-0.1, -0.05) is 0 Å². The largest absolute Gasteiger partial charge is 0.493 e. The fourth-order valence-electron chi connectivity index (χ4n) is 4.20. The Balaban J connectivity index is 2.67. The summed E-state index contributed by atoms with van der Waals surface area (Å²) in [5.74, 6) is 3.09. The topological polar surface area (TPSA) is 72.5 Å². The van der Waals surface area contributed by atoms with Gasteiger partial charge in [0.1, 0.15) is 39.5 Å². The highest BCUT2D eigenvalue weighted by atomic mass is 16.5. The summed E-state index contributed by atoms with van der Waals surface area (Å²) >= 11 is 0. The maximum absolute atomic E-state index is 14.1. The zero-order valence-corrected chi connectivity index (χ0v) is 29.6. The molecule has 0 aliphatic carbocycles. The zero-order valence-electron chi connectivity index (χ0n) is 29.6. The third kappa shape index (κ3) is 12.6. The molecule has 0 radical (unpaired) electrons. The molecule has 43 heavy (non-hydrogen) atoms. The molecule has 242 valence electrons. The number of methoxy groups -OCH3 is 1. The molecule has 2 rings (SSSR count). The first kappa shape index (κ1) is 36.1. The molecule has 0 atom stereocenters. The van der Waals surface area contributed by atoms with E-state index in [0.29, 0.717) is 46.5 Å². The van der Waals surface area contributed by atoms with Crippen molar-refractivity contribution >= 4 is 5.78 Å². The summed E-state index contributed by atoms with van der Waals surface area (Å²) in [5, 5.41) is 0. The van der Waals surface area contributed by atoms with Gasteiger partial charge in [0.2, 0.25) is 0 Å². The fourth-order valence-corrected chi connectivity index (χ4v) is 4.20. The molecule has 7 nitrogen and oxygen atoms in total. The van der Waals surface area contributed by atoms with E-state index in [1.54, 1.807) is 13.2 Å². The number of ketones is 1. The SMILES string of the molecule is COc1cc(OC(C)(C)C)cc(CCC(=O)c2cc(OC(C)(C)C)cc(OC(C)(C)C)c2OC(C)(C)C)c1OC(C)(C)C. The van der Waals surface area contributed by atoms with Crippen LogP contribution >= 0.6 is 0 Å². The van der Waals surface area contributed by atoms with Crippen LogP contribution in [-0.4, -0.2) is 40.9 Å². The lowest BCUT2D eigenvalue weighted by atomic mass is 9.99. The molecule has 0 heterocycles. The number of aryl methyl sites for hydroxylation is 1. The summed E-state index contributed by atoms with van der Waals surface area (Å²) in [7, 11) is 1.61. The van der Waals surface area contributed by atoms with Gasteiger partial charge in [0.05, 0.1) is 12.7 Å². The Morgan fingerprint density at radius 1 is 0.535 bits per heavy atom. The van der Waals surface area contributed by atoms with Crippen LogP contribution in [0.25, 0.3) is 0 Å². The van der Waals surface area contributed by atoms with Crippen LogP contribution in [0, 0.1) is 0 Å². The van der Waals surface area contributed by atoms with Crippen LogP contribution in [-0.2, 0) is 6.42 Å². The van der Waals surface area contributed by atoms with Gasteiger partial charge in [-0.05, 0) is 122 Å². The van der Waals surface area contributed by atoms with E-state index < -0.39 is 28.0 Å². The molecule has 0 aliphatic heterocycles. The third-order valence-electron chi connectivity index (χ3n) is 5.36. The van der Waals surface area contributed by atoms with E-state index in [9.17, 15) is 4.79 Å². The van der Waals surface area contributed by atoms with Gasteiger partial charge in [-0.3, -0.25) is 4.79 Å². The Hall–Kier alpha value is -3.09. The van der Waals surface area contributed by atoms with Crippen molar-refractivity contribution in [3.05, 3.63) is 35.4 Å². The van der Waals surface area contributed by atoms with Gasteiger partial charge < -0.3 is 28.4 Å². The number of hydrogen-bond donors (Lipinski definition) is 0. The average Bonchev–Trinajstić information content (AvgIpc) is 2.75. The maximum Gasteiger partial charge on any atom is 0.173 e. The summed E-state index contributed by atoms with van der Waals surface area (Å²) in [6.45, 7) is 29.5. The van der Waals surface area contributed by atoms with E-state index in [4.69, 9.17) is 28.4 Å². The second-order valence-corrected chi connectivity index (χ2v) is 15.9. The first-order chi connectivity index (χ1) is 19.3. The van der Waals surface area contributed by atoms with Crippen LogP contribution in [0.15, 0.2) is 24.3 Å². The van der Waals surface area contributed by atoms with Gasteiger partial charge in [-0.2, -0.15) is 0 Å². The molecule has 2 aromatic carbocycles. The predicted molar refractivity (Wildman–Crippen MR) is 174 cm³/mol. The minimum absolute atomic E-state index is 0.111. The highest BCUT2D eigenvalue weighted by molar-refractivity contribution is 6.00. The lowest BCUT2D eigenvalue weighted by Crippen LogP contribution is -2.28. The van der Waals surface area contributed by atoms with Crippen molar-refractivity contribution in [3.63, 3.8) is 0 Å². The van der Waals surface area contributed by atoms with E-state index in [0.717, 1.165) is 5.56 Å². The third-order valence-corrected chi connectivity index (χ3v) is 5.36. The van der Waals surface area contributed by atoms with Gasteiger partial charge in [0.25, 0.3) is 0 Å². The second kappa shape index (κ2) is 12.9. The molecule has 0 saturated heterocycles. The van der Waals surface area contributed by atoms with Crippen LogP contribution in [0.4, 0.5) is 0 Å². The summed E-state index contributed by atoms with van der Waals surface area (Å²) in [5.41, 5.74) is -1.26. The van der Waals surface area contributed by atoms with Crippen molar-refractivity contribution in [1.82, 2.24) is 0 Å². The quantitative estimate of drug-likeness (QED) is 0.252. The molecule has 0 saturated carbocycles. The monoisotopic (exact) mass is 600 g/mol. The van der Waals surface area contributed by atoms with Gasteiger partial charge in [0.15, 0.2) is 28.8 Å². The highest BCUT2D eigenvalue weighted by Crippen LogP contribution is 2.43. The van der Waals surface area contributed by atoms with Crippen molar-refractivity contribution in [2.75, 3.05) is 7.11 Å². The molecular formula is C36H56O7. The molecule has 7 heteroatoms. The smallest absolute Gasteiger partial charge is 0.173 e. The molecule has 0 N–H and O–H groups in total. The van der Waals surface area contributed by atoms with Gasteiger partial charge >= 0.3 is 0 Å². The number of benzene rings is 2. The summed E-state index contributed by atoms with van der Waals surface area (Å²) in [4.78, 5) is 14.1. The minimum atomic E-state index is -0.572. The molecular weight excluding hydrogens is 544 g/mol. The van der Waals surface area contributed by atoms with Gasteiger partial charge in [0, 0.05) is 24.1 Å². The predicted octanol–water partition coefficient (Wildman–Crippen LogP) is 9.40. The number of ether oxygens (including phenoxy) is 6. The van der Waals surface area contributed by atoms with Crippen molar-refractivity contribution in [2.24, 2.45) is 0 Å². The van der Waals surface area contributed by atoms with Crippen molar-refractivity contribution in [1.29, 1.82) is 0 Å². The summed E-state index contributed by atoms with van der Waals surface area (Å²) in [6, 6.07) is 7.33. The van der Waals surface area contributed by atoms with E-state index in [1.165, 1.54) is 0 Å². The van der Waals surface area contributed by atoms with Crippen LogP contribution in [0.5, 0.6) is 34.5 Å². The van der Waals surface area contributed by atoms with Crippen LogP contribution in [0.1, 0.15) is 126 Å². The molecule has 0 aliphatic rings. The average molecular weight is 601 g/mol. The van der Waals surface area contributed by atoms with E-state index >= 15 is 0 Å². The van der Waals surface area contributed by atoms with Crippen molar-refractivity contribution < 1.29 is 33.2 Å². The van der Waals surface area contributed by atoms with Gasteiger partial charge in [-0.25, -0.2) is 0 Å². The van der Waals surface area contributed by atoms with Crippen molar-refractivity contribution in [2.45, 2.75) is 145 Å². The van der Waals surface area contributed by atoms with E-state index in [-0.39, 0.29) is 12.2 Å². The molecule has 0 fully saturated rings. The minimum Gasteiger partial charge on any atom is -0.493 e. The lowest BCUT2D eigenvalue weighted by molar-refractivity contribution is 0.0863. The molecule has 0 amide bonds. The highest BCUT2D eigenvalue weighted by Gasteiger charge is 2.29. The first-order valence-corrected chi connectivity index (χ1v) is 15.1. The Morgan fingerprint density at radius 3 is 1.40 bits per heavy atom. The first-order valence-electron chi connectivity index (χ1n) is 15.1. The van der Waals surface area contributed by atoms with E-state index in [2.05, 4.69) is 0 Å². The number of carbonyl (C=O) groups is 1. The van der Waals surface area contributed by atoms with Crippen LogP contribution < -0.4 is 28.4 Å². The lowest BCUT2D eigenvalue weighted by Gasteiger charge is -2.30. The standard InChI is InChI=1S/C36H56O7/c1-32(2,3)39-24-19-23(30(28(21-24)38-16)42-35(10,11)12)17-18-27(37)26-20-25(40-33(4,5)6)22-29(41-34(7,8)9)31(26)43-36(13,14)15/h19-22H,17-18H2,1-16H3. The molecule has 0 unspecified atom stereocenters. The fraction of sp³-hybridized carbons (Fsp3) is 0.639. The maximum atomic E-state index is 14.1. The van der Waals surface area contributed by atoms with Crippen LogP contribution in [0.3, 0.4) is 0 Å². The second-order valence-electron chi connectivity index (χ2n) is 15.9. The molecule has 0 spiro atoms. The number of carbonyl (C=O) groups excluding carboxylic acids is 1. The molecule has 0 aromatic heterocycles. The zero-order chi connectivity index (χ0) is 33.2. The van der Waals surface area contributed by atoms with Crippen LogP contribution in [0.2, 0.25) is 0 Å². The normalized spacial score (nSPS) is 12.9. The number of Topliss-reactive ketones (excluding diaryl/α,β-unsaturated/α-hetero) is 1. The summed E-state index contributed by atoms with van der Waals surface area (Å²) in [6.07, 6.45) is 0.563. The van der Waals surface area contributed by atoms with Gasteiger partial charge in [-0.15, -0.1) is 0 Å². The Morgan fingerprint density at radius 2 is 0.953 bits per heavy atom. The summed E-state index contributed by atoms with van der Waals surface area (Å²) < 4.78 is 37.2. The van der Waals surface area contributed by atoms with E-state index in [1.807, 2.05) is 122 Å². The molecule has 2 aromatic rings. The Bertz CT molecular complexity index is 1260. The Kier molecular flexibility index (Phi) is 10.8. The molecule has 0 bridgehead atoms. The Labute approximate surface area is 260 Å². The number of hydrogen-bond acceptors (Lipinski definition) is 7.